The van der Waals surface area contributed by atoms with Gasteiger partial charge in [-0.05, 0) is 45.2 Å². The van der Waals surface area contributed by atoms with Gasteiger partial charge in [-0.1, -0.05) is 18.2 Å². The van der Waals surface area contributed by atoms with E-state index in [1.165, 1.54) is 6.20 Å². The van der Waals surface area contributed by atoms with Crippen molar-refractivity contribution in [3.63, 3.8) is 0 Å². The summed E-state index contributed by atoms with van der Waals surface area (Å²) in [6.07, 6.45) is 2.48. The van der Waals surface area contributed by atoms with Crippen LogP contribution < -0.4 is 0 Å². The average molecular weight is 441 g/mol. The van der Waals surface area contributed by atoms with Crippen LogP contribution in [0.25, 0.3) is 0 Å². The average Bonchev–Trinajstić information content (AvgIpc) is 3.44. The molecule has 2 aliphatic rings. The van der Waals surface area contributed by atoms with Gasteiger partial charge in [0, 0.05) is 13.6 Å². The number of ether oxygens (including phenoxy) is 1. The van der Waals surface area contributed by atoms with E-state index in [4.69, 9.17) is 4.74 Å². The van der Waals surface area contributed by atoms with Crippen molar-refractivity contribution in [2.45, 2.75) is 57.8 Å². The monoisotopic (exact) mass is 440 g/mol. The molecule has 9 nitrogen and oxygen atoms in total. The number of carbonyl (C=O) groups excluding carboxylic acids is 2. The zero-order valence-corrected chi connectivity index (χ0v) is 18.8. The molecule has 1 saturated carbocycles. The summed E-state index contributed by atoms with van der Waals surface area (Å²) in [5.41, 5.74) is 0.655. The summed E-state index contributed by atoms with van der Waals surface area (Å²) in [5, 5.41) is 14.0. The van der Waals surface area contributed by atoms with Crippen LogP contribution >= 0.6 is 0 Å². The summed E-state index contributed by atoms with van der Waals surface area (Å²) >= 11 is 0. The normalized spacial score (nSPS) is 16.8. The molecule has 170 valence electrons. The van der Waals surface area contributed by atoms with E-state index in [0.717, 1.165) is 0 Å². The third-order valence-electron chi connectivity index (χ3n) is 6.08. The van der Waals surface area contributed by atoms with Crippen LogP contribution in [0.15, 0.2) is 30.5 Å². The van der Waals surface area contributed by atoms with Gasteiger partial charge in [-0.25, -0.2) is 9.59 Å². The standard InChI is InChI=1S/C23H28N4O5/c1-22(2,3)32-21(31)26-11-12-27-18(14-26)16(13-24-27)19(28)25(4)23(9-10-23)17-8-6-5-7-15(17)20(29)30/h5-8,13H,9-12,14H2,1-4H3,(H,29,30). The topological polar surface area (TPSA) is 105 Å². The van der Waals surface area contributed by atoms with E-state index in [0.29, 0.717) is 42.8 Å². The predicted molar refractivity (Wildman–Crippen MR) is 115 cm³/mol. The van der Waals surface area contributed by atoms with E-state index in [2.05, 4.69) is 5.10 Å². The van der Waals surface area contributed by atoms with Gasteiger partial charge in [0.15, 0.2) is 0 Å². The molecule has 2 amide bonds. The van der Waals surface area contributed by atoms with Crippen molar-refractivity contribution in [2.75, 3.05) is 13.6 Å². The Labute approximate surface area is 186 Å². The molecule has 1 fully saturated rings. The zero-order valence-electron chi connectivity index (χ0n) is 18.8. The largest absolute Gasteiger partial charge is 0.478 e. The molecular formula is C23H28N4O5. The van der Waals surface area contributed by atoms with Gasteiger partial charge in [-0.15, -0.1) is 0 Å². The fourth-order valence-corrected chi connectivity index (χ4v) is 4.26. The molecule has 2 aromatic rings. The third kappa shape index (κ3) is 3.83. The number of hydrogen-bond acceptors (Lipinski definition) is 5. The maximum atomic E-state index is 13.5. The molecule has 1 aromatic carbocycles. The lowest BCUT2D eigenvalue weighted by Gasteiger charge is -2.32. The Bertz CT molecular complexity index is 1080. The Balaban J connectivity index is 1.59. The number of carboxylic acids is 1. The first-order chi connectivity index (χ1) is 15.0. The van der Waals surface area contributed by atoms with Gasteiger partial charge in [0.1, 0.15) is 5.60 Å². The highest BCUT2D eigenvalue weighted by atomic mass is 16.6. The molecule has 1 aromatic heterocycles. The number of hydrogen-bond donors (Lipinski definition) is 1. The molecule has 0 unspecified atom stereocenters. The SMILES string of the molecule is CN(C(=O)c1cnn2c1CN(C(=O)OC(C)(C)C)CC2)C1(c2ccccc2C(=O)O)CC1. The van der Waals surface area contributed by atoms with Crippen molar-refractivity contribution in [1.82, 2.24) is 19.6 Å². The van der Waals surface area contributed by atoms with Gasteiger partial charge in [0.2, 0.25) is 0 Å². The van der Waals surface area contributed by atoms with Crippen molar-refractivity contribution in [1.29, 1.82) is 0 Å². The molecule has 2 heterocycles. The maximum absolute atomic E-state index is 13.5. The second-order valence-corrected chi connectivity index (χ2v) is 9.38. The Morgan fingerprint density at radius 1 is 1.12 bits per heavy atom. The smallest absolute Gasteiger partial charge is 0.410 e. The molecule has 1 N–H and O–H groups in total. The third-order valence-corrected chi connectivity index (χ3v) is 6.08. The number of aromatic nitrogens is 2. The maximum Gasteiger partial charge on any atom is 0.410 e. The number of carbonyl (C=O) groups is 3. The summed E-state index contributed by atoms with van der Waals surface area (Å²) in [6, 6.07) is 6.82. The number of aromatic carboxylic acids is 1. The molecule has 0 spiro atoms. The van der Waals surface area contributed by atoms with Crippen LogP contribution in [0.5, 0.6) is 0 Å². The molecule has 4 rings (SSSR count). The molecule has 32 heavy (non-hydrogen) atoms. The lowest BCUT2D eigenvalue weighted by Crippen LogP contribution is -2.43. The summed E-state index contributed by atoms with van der Waals surface area (Å²) in [7, 11) is 1.70. The minimum Gasteiger partial charge on any atom is -0.478 e. The van der Waals surface area contributed by atoms with Gasteiger partial charge in [-0.3, -0.25) is 9.48 Å². The van der Waals surface area contributed by atoms with Crippen LogP contribution in [0, 0.1) is 0 Å². The van der Waals surface area contributed by atoms with Crippen LogP contribution in [0.3, 0.4) is 0 Å². The Morgan fingerprint density at radius 3 is 2.44 bits per heavy atom. The van der Waals surface area contributed by atoms with Crippen molar-refractivity contribution in [2.24, 2.45) is 0 Å². The summed E-state index contributed by atoms with van der Waals surface area (Å²) in [5.74, 6) is -1.25. The quantitative estimate of drug-likeness (QED) is 0.783. The fourth-order valence-electron chi connectivity index (χ4n) is 4.26. The minimum atomic E-state index is -1.01. The van der Waals surface area contributed by atoms with Crippen LogP contribution in [-0.2, 0) is 23.4 Å². The number of fused-ring (bicyclic) bond motifs is 1. The van der Waals surface area contributed by atoms with E-state index in [1.807, 2.05) is 20.8 Å². The van der Waals surface area contributed by atoms with Crippen molar-refractivity contribution in [3.8, 4) is 0 Å². The first kappa shape index (κ1) is 21.9. The van der Waals surface area contributed by atoms with Crippen LogP contribution in [-0.4, -0.2) is 61.9 Å². The van der Waals surface area contributed by atoms with E-state index in [9.17, 15) is 19.5 Å². The minimum absolute atomic E-state index is 0.206. The highest BCUT2D eigenvalue weighted by molar-refractivity contribution is 5.97. The van der Waals surface area contributed by atoms with Gasteiger partial charge in [0.25, 0.3) is 5.91 Å². The number of amides is 2. The van der Waals surface area contributed by atoms with Gasteiger partial charge < -0.3 is 19.6 Å². The molecule has 0 radical (unpaired) electrons. The molecule has 0 saturated heterocycles. The molecule has 0 atom stereocenters. The van der Waals surface area contributed by atoms with Crippen molar-refractivity contribution < 1.29 is 24.2 Å². The number of nitrogens with zero attached hydrogens (tertiary/aromatic N) is 4. The predicted octanol–water partition coefficient (Wildman–Crippen LogP) is 3.09. The summed E-state index contributed by atoms with van der Waals surface area (Å²) in [6.45, 7) is 6.58. The number of benzene rings is 1. The molecule has 9 heteroatoms. The zero-order chi connectivity index (χ0) is 23.3. The van der Waals surface area contributed by atoms with Crippen LogP contribution in [0.2, 0.25) is 0 Å². The first-order valence-corrected chi connectivity index (χ1v) is 10.7. The van der Waals surface area contributed by atoms with Crippen LogP contribution in [0.1, 0.15) is 65.6 Å². The fraction of sp³-hybridized carbons (Fsp3) is 0.478. The van der Waals surface area contributed by atoms with Gasteiger partial charge in [-0.2, -0.15) is 5.10 Å². The lowest BCUT2D eigenvalue weighted by molar-refractivity contribution is 0.0192. The van der Waals surface area contributed by atoms with E-state index in [-0.39, 0.29) is 18.0 Å². The second kappa shape index (κ2) is 7.65. The highest BCUT2D eigenvalue weighted by Gasteiger charge is 2.52. The van der Waals surface area contributed by atoms with Crippen molar-refractivity contribution >= 4 is 18.0 Å². The summed E-state index contributed by atoms with van der Waals surface area (Å²) < 4.78 is 7.22. The van der Waals surface area contributed by atoms with Gasteiger partial charge >= 0.3 is 12.1 Å². The highest BCUT2D eigenvalue weighted by Crippen LogP contribution is 2.52. The van der Waals surface area contributed by atoms with Gasteiger partial charge in [0.05, 0.1) is 41.6 Å². The molecule has 0 bridgehead atoms. The number of rotatable bonds is 4. The Kier molecular flexibility index (Phi) is 5.22. The second-order valence-electron chi connectivity index (χ2n) is 9.38. The Morgan fingerprint density at radius 2 is 1.81 bits per heavy atom. The lowest BCUT2D eigenvalue weighted by atomic mass is 9.96. The van der Waals surface area contributed by atoms with Crippen LogP contribution in [0.4, 0.5) is 4.79 Å². The molecular weight excluding hydrogens is 412 g/mol. The van der Waals surface area contributed by atoms with E-state index < -0.39 is 23.2 Å². The van der Waals surface area contributed by atoms with Crippen molar-refractivity contribution in [3.05, 3.63) is 52.8 Å². The summed E-state index contributed by atoms with van der Waals surface area (Å²) in [4.78, 5) is 41.0. The van der Waals surface area contributed by atoms with E-state index in [1.54, 1.807) is 45.8 Å². The van der Waals surface area contributed by atoms with E-state index >= 15 is 0 Å². The Hall–Kier alpha value is -3.36. The molecule has 1 aliphatic heterocycles. The number of carboxylic acid groups (broad SMARTS) is 1. The molecule has 1 aliphatic carbocycles. The first-order valence-electron chi connectivity index (χ1n) is 10.7.